The summed E-state index contributed by atoms with van der Waals surface area (Å²) in [5.41, 5.74) is 0. The second-order valence-electron chi connectivity index (χ2n) is 1.02. The second kappa shape index (κ2) is 10.4. The van der Waals surface area contributed by atoms with E-state index in [-0.39, 0.29) is 7.43 Å². The summed E-state index contributed by atoms with van der Waals surface area (Å²) in [5.74, 6) is 0. The average Bonchev–Trinajstić information content (AvgIpc) is 1.25. The Bertz CT molecular complexity index is 70.2. The normalized spacial score (nSPS) is 5.56. The van der Waals surface area contributed by atoms with Crippen LogP contribution >= 0.6 is 12.6 Å². The van der Waals surface area contributed by atoms with Crippen LogP contribution in [0.1, 0.15) is 14.4 Å². The Morgan fingerprint density at radius 2 is 1.56 bits per heavy atom. The molecule has 3 nitrogen and oxygen atoms in total. The van der Waals surface area contributed by atoms with Crippen molar-refractivity contribution in [2.24, 2.45) is 0 Å². The van der Waals surface area contributed by atoms with E-state index < -0.39 is 6.16 Å². The third kappa shape index (κ3) is 516. The highest BCUT2D eigenvalue weighted by Gasteiger charge is 1.70. The maximum Gasteiger partial charge on any atom is 0.503 e. The Morgan fingerprint density at radius 3 is 1.56 bits per heavy atom. The monoisotopic (exact) mass is 152 g/mol. The summed E-state index contributed by atoms with van der Waals surface area (Å²) in [6.07, 6.45) is -1.83. The Hall–Kier alpha value is -0.640. The van der Waals surface area contributed by atoms with E-state index in [2.05, 4.69) is 19.2 Å². The van der Waals surface area contributed by atoms with E-state index in [1.54, 1.807) is 0 Å². The maximum atomic E-state index is 8.56. The van der Waals surface area contributed by atoms with Gasteiger partial charge in [-0.2, -0.15) is 0 Å². The Morgan fingerprint density at radius 1 is 1.56 bits per heavy atom. The molecule has 2 N–H and O–H groups in total. The van der Waals surface area contributed by atoms with Gasteiger partial charge in [-0.1, -0.05) is 14.0 Å². The number of rotatable bonds is 0. The lowest BCUT2D eigenvalue weighted by Gasteiger charge is -1.64. The van der Waals surface area contributed by atoms with Gasteiger partial charge in [0.1, 0.15) is 0 Å². The van der Waals surface area contributed by atoms with Crippen molar-refractivity contribution in [3.05, 3.63) is 11.5 Å². The first-order chi connectivity index (χ1) is 3.46. The van der Waals surface area contributed by atoms with Crippen molar-refractivity contribution >= 4 is 18.8 Å². The molecule has 9 heavy (non-hydrogen) atoms. The molecule has 0 fully saturated rings. The number of thiol groups is 1. The van der Waals surface area contributed by atoms with Gasteiger partial charge in [-0.05, 0) is 11.8 Å². The van der Waals surface area contributed by atoms with Crippen LogP contribution in [0.5, 0.6) is 0 Å². The summed E-state index contributed by atoms with van der Waals surface area (Å²) < 4.78 is 0. The summed E-state index contributed by atoms with van der Waals surface area (Å²) in [5, 5.41) is 13.9. The molecule has 4 heteroatoms. The number of hydrogen-bond donors (Lipinski definition) is 3. The van der Waals surface area contributed by atoms with Crippen molar-refractivity contribution in [3.8, 4) is 0 Å². The van der Waals surface area contributed by atoms with Crippen molar-refractivity contribution in [2.45, 2.75) is 14.4 Å². The Labute approximate surface area is 60.4 Å². The molecule has 0 aromatic carbocycles. The van der Waals surface area contributed by atoms with Gasteiger partial charge in [-0.25, -0.2) is 4.79 Å². The molecule has 0 aromatic heterocycles. The quantitative estimate of drug-likeness (QED) is 0.467. The predicted octanol–water partition coefficient (Wildman–Crippen LogP) is 2.31. The molecule has 0 radical (unpaired) electrons. The van der Waals surface area contributed by atoms with Crippen LogP contribution in [-0.4, -0.2) is 16.4 Å². The SMILES string of the molecule is C.C=C(C)S.O=C(O)O. The number of carbonyl (C=O) groups is 1. The standard InChI is InChI=1S/C3H6S.CH2O3.CH4/c1-3(2)4;2-1(3)4;/h4H,1H2,2H3;(H2,2,3,4);1H4. The topological polar surface area (TPSA) is 57.5 Å². The fourth-order valence-corrected chi connectivity index (χ4v) is 0. The van der Waals surface area contributed by atoms with Crippen molar-refractivity contribution in [1.82, 2.24) is 0 Å². The minimum absolute atomic E-state index is 0. The van der Waals surface area contributed by atoms with E-state index in [9.17, 15) is 0 Å². The van der Waals surface area contributed by atoms with Crippen LogP contribution in [-0.2, 0) is 0 Å². The molecule has 0 saturated carbocycles. The van der Waals surface area contributed by atoms with Crippen molar-refractivity contribution < 1.29 is 15.0 Å². The van der Waals surface area contributed by atoms with Crippen molar-refractivity contribution in [1.29, 1.82) is 0 Å². The average molecular weight is 152 g/mol. The van der Waals surface area contributed by atoms with Crippen LogP contribution in [0.25, 0.3) is 0 Å². The van der Waals surface area contributed by atoms with Gasteiger partial charge in [-0.15, -0.1) is 12.6 Å². The molecule has 0 amide bonds. The van der Waals surface area contributed by atoms with E-state index in [0.717, 1.165) is 4.91 Å². The molecule has 0 rings (SSSR count). The lowest BCUT2D eigenvalue weighted by atomic mass is 10.8. The molecule has 0 aliphatic carbocycles. The fourth-order valence-electron chi connectivity index (χ4n) is 0. The van der Waals surface area contributed by atoms with Crippen LogP contribution in [0.15, 0.2) is 11.5 Å². The summed E-state index contributed by atoms with van der Waals surface area (Å²) in [4.78, 5) is 9.42. The first kappa shape index (κ1) is 15.8. The number of carboxylic acid groups (broad SMARTS) is 2. The van der Waals surface area contributed by atoms with Gasteiger partial charge in [0.2, 0.25) is 0 Å². The smallest absolute Gasteiger partial charge is 0.450 e. The Kier molecular flexibility index (Phi) is 18.1. The molecule has 0 spiro atoms. The molecule has 0 bridgehead atoms. The molecule has 0 heterocycles. The lowest BCUT2D eigenvalue weighted by molar-refractivity contribution is 0.137. The first-order valence-electron chi connectivity index (χ1n) is 1.73. The summed E-state index contributed by atoms with van der Waals surface area (Å²) in [6, 6.07) is 0. The largest absolute Gasteiger partial charge is 0.503 e. The van der Waals surface area contributed by atoms with E-state index in [0.29, 0.717) is 0 Å². The molecule has 0 aliphatic rings. The zero-order chi connectivity index (χ0) is 7.15. The number of hydrogen-bond acceptors (Lipinski definition) is 2. The summed E-state index contributed by atoms with van der Waals surface area (Å²) in [6.45, 7) is 5.26. The second-order valence-corrected chi connectivity index (χ2v) is 1.78. The maximum absolute atomic E-state index is 8.56. The van der Waals surface area contributed by atoms with Gasteiger partial charge in [0, 0.05) is 0 Å². The molecule has 0 aliphatic heterocycles. The first-order valence-corrected chi connectivity index (χ1v) is 2.18. The fraction of sp³-hybridized carbons (Fsp3) is 0.400. The van der Waals surface area contributed by atoms with Gasteiger partial charge < -0.3 is 10.2 Å². The van der Waals surface area contributed by atoms with Gasteiger partial charge in [0.05, 0.1) is 0 Å². The van der Waals surface area contributed by atoms with Gasteiger partial charge >= 0.3 is 6.16 Å². The summed E-state index contributed by atoms with van der Waals surface area (Å²) in [7, 11) is 0. The van der Waals surface area contributed by atoms with Crippen LogP contribution in [0.3, 0.4) is 0 Å². The highest BCUT2D eigenvalue weighted by Crippen LogP contribution is 1.86. The van der Waals surface area contributed by atoms with E-state index in [1.807, 2.05) is 6.92 Å². The van der Waals surface area contributed by atoms with Crippen LogP contribution in [0.4, 0.5) is 4.79 Å². The number of allylic oxidation sites excluding steroid dienone is 1. The van der Waals surface area contributed by atoms with E-state index in [4.69, 9.17) is 15.0 Å². The van der Waals surface area contributed by atoms with Gasteiger partial charge in [-0.3, -0.25) is 0 Å². The predicted molar refractivity (Wildman–Crippen MR) is 41.2 cm³/mol. The third-order valence-corrected chi connectivity index (χ3v) is 0. The van der Waals surface area contributed by atoms with E-state index >= 15 is 0 Å². The molecule has 56 valence electrons. The molecule has 0 saturated heterocycles. The van der Waals surface area contributed by atoms with Gasteiger partial charge in [0.25, 0.3) is 0 Å². The zero-order valence-electron chi connectivity index (χ0n) is 4.46. The van der Waals surface area contributed by atoms with Crippen LogP contribution < -0.4 is 0 Å². The third-order valence-electron chi connectivity index (χ3n) is 0. The van der Waals surface area contributed by atoms with Gasteiger partial charge in [0.15, 0.2) is 0 Å². The van der Waals surface area contributed by atoms with Crippen LogP contribution in [0.2, 0.25) is 0 Å². The summed E-state index contributed by atoms with van der Waals surface area (Å²) >= 11 is 3.77. The lowest BCUT2D eigenvalue weighted by Crippen LogP contribution is -1.81. The van der Waals surface area contributed by atoms with Crippen molar-refractivity contribution in [2.75, 3.05) is 0 Å². The van der Waals surface area contributed by atoms with E-state index in [1.165, 1.54) is 0 Å². The van der Waals surface area contributed by atoms with Crippen molar-refractivity contribution in [3.63, 3.8) is 0 Å². The molecule has 0 atom stereocenters. The highest BCUT2D eigenvalue weighted by atomic mass is 32.1. The zero-order valence-corrected chi connectivity index (χ0v) is 5.35. The minimum Gasteiger partial charge on any atom is -0.450 e. The van der Waals surface area contributed by atoms with Crippen LogP contribution in [0, 0.1) is 0 Å². The molecule has 0 aromatic rings. The molecule has 0 unspecified atom stereocenters. The Balaban J connectivity index is -0.0000000720. The molecular formula is C5H12O3S. The minimum atomic E-state index is -1.83. The highest BCUT2D eigenvalue weighted by molar-refractivity contribution is 7.84. The molecular weight excluding hydrogens is 140 g/mol.